The molecule has 4 atom stereocenters. The van der Waals surface area contributed by atoms with Crippen LogP contribution in [0.15, 0.2) is 35.4 Å². The summed E-state index contributed by atoms with van der Waals surface area (Å²) < 4.78 is 10.4. The maximum absolute atomic E-state index is 10.8. The molecule has 2 N–H and O–H groups in total. The van der Waals surface area contributed by atoms with Crippen molar-refractivity contribution in [1.29, 1.82) is 0 Å². The highest BCUT2D eigenvalue weighted by molar-refractivity contribution is 5.20. The van der Waals surface area contributed by atoms with Gasteiger partial charge in [0.1, 0.15) is 11.7 Å². The highest BCUT2D eigenvalue weighted by Crippen LogP contribution is 2.34. The first kappa shape index (κ1) is 14.8. The summed E-state index contributed by atoms with van der Waals surface area (Å²) in [6, 6.07) is 9.24. The van der Waals surface area contributed by atoms with E-state index in [4.69, 9.17) is 15.0 Å². The Kier molecular flexibility index (Phi) is 4.59. The molecule has 0 spiro atoms. The van der Waals surface area contributed by atoms with E-state index in [-0.39, 0.29) is 13.0 Å². The number of ether oxygens (including phenoxy) is 2. The number of methoxy groups -OCH3 is 1. The summed E-state index contributed by atoms with van der Waals surface area (Å²) >= 11 is 0. The van der Waals surface area contributed by atoms with E-state index in [9.17, 15) is 10.2 Å². The third kappa shape index (κ3) is 2.77. The van der Waals surface area contributed by atoms with Crippen LogP contribution < -0.4 is 0 Å². The van der Waals surface area contributed by atoms with Crippen LogP contribution in [0, 0.1) is 0 Å². The van der Waals surface area contributed by atoms with Crippen molar-refractivity contribution < 1.29 is 19.7 Å². The van der Waals surface area contributed by atoms with Gasteiger partial charge < -0.3 is 19.7 Å². The highest BCUT2D eigenvalue weighted by atomic mass is 16.7. The normalized spacial score (nSPS) is 32.9. The van der Waals surface area contributed by atoms with Gasteiger partial charge in [0, 0.05) is 18.4 Å². The molecule has 7 heteroatoms. The first-order chi connectivity index (χ1) is 9.61. The molecule has 0 bridgehead atoms. The molecule has 1 aliphatic heterocycles. The van der Waals surface area contributed by atoms with Crippen molar-refractivity contribution in [2.24, 2.45) is 5.11 Å². The topological polar surface area (TPSA) is 108 Å². The van der Waals surface area contributed by atoms with E-state index in [0.29, 0.717) is 0 Å². The molecule has 7 nitrogen and oxygen atoms in total. The van der Waals surface area contributed by atoms with E-state index >= 15 is 0 Å². The number of azide groups is 1. The van der Waals surface area contributed by atoms with Crippen LogP contribution in [0.4, 0.5) is 0 Å². The SMILES string of the molecule is CO[C@H]1O[C@H](CN=[N+]=[N-])[C@@](O)(Cc2ccccc2)[C@H]1O. The molecule has 20 heavy (non-hydrogen) atoms. The minimum absolute atomic E-state index is 0.0727. The molecule has 1 aromatic carbocycles. The quantitative estimate of drug-likeness (QED) is 0.476. The fourth-order valence-corrected chi connectivity index (χ4v) is 2.42. The predicted molar refractivity (Wildman–Crippen MR) is 70.8 cm³/mol. The Morgan fingerprint density at radius 2 is 2.15 bits per heavy atom. The molecule has 1 heterocycles. The molecule has 1 saturated heterocycles. The van der Waals surface area contributed by atoms with Crippen LogP contribution in [0.3, 0.4) is 0 Å². The fourth-order valence-electron chi connectivity index (χ4n) is 2.42. The van der Waals surface area contributed by atoms with Crippen LogP contribution in [-0.4, -0.2) is 48.0 Å². The van der Waals surface area contributed by atoms with Crippen molar-refractivity contribution in [1.82, 2.24) is 0 Å². The van der Waals surface area contributed by atoms with Crippen LogP contribution in [0.5, 0.6) is 0 Å². The van der Waals surface area contributed by atoms with Crippen molar-refractivity contribution in [3.63, 3.8) is 0 Å². The van der Waals surface area contributed by atoms with E-state index in [0.717, 1.165) is 5.56 Å². The summed E-state index contributed by atoms with van der Waals surface area (Å²) in [7, 11) is 1.38. The second-order valence-electron chi connectivity index (χ2n) is 4.74. The molecule has 2 rings (SSSR count). The molecular formula is C13H17N3O4. The van der Waals surface area contributed by atoms with Gasteiger partial charge in [-0.1, -0.05) is 35.4 Å². The molecule has 108 valence electrons. The van der Waals surface area contributed by atoms with Crippen LogP contribution in [0.25, 0.3) is 10.4 Å². The number of aliphatic hydroxyl groups is 2. The minimum atomic E-state index is -1.56. The lowest BCUT2D eigenvalue weighted by molar-refractivity contribution is -0.148. The molecular weight excluding hydrogens is 262 g/mol. The fraction of sp³-hybridized carbons (Fsp3) is 0.538. The first-order valence-electron chi connectivity index (χ1n) is 6.25. The van der Waals surface area contributed by atoms with Crippen molar-refractivity contribution in [2.75, 3.05) is 13.7 Å². The van der Waals surface area contributed by atoms with Gasteiger partial charge in [-0.3, -0.25) is 0 Å². The predicted octanol–water partition coefficient (Wildman–Crippen LogP) is 1.00. The van der Waals surface area contributed by atoms with Gasteiger partial charge in [0.05, 0.1) is 12.6 Å². The maximum Gasteiger partial charge on any atom is 0.186 e. The monoisotopic (exact) mass is 279 g/mol. The van der Waals surface area contributed by atoms with Gasteiger partial charge in [0.2, 0.25) is 0 Å². The first-order valence-corrected chi connectivity index (χ1v) is 6.25. The number of aliphatic hydroxyl groups excluding tert-OH is 1. The number of hydrogen-bond acceptors (Lipinski definition) is 5. The average Bonchev–Trinajstić information content (AvgIpc) is 2.70. The van der Waals surface area contributed by atoms with E-state index in [2.05, 4.69) is 10.0 Å². The molecule has 1 aliphatic rings. The maximum atomic E-state index is 10.8. The van der Waals surface area contributed by atoms with Crippen molar-refractivity contribution >= 4 is 0 Å². The molecule has 0 aromatic heterocycles. The smallest absolute Gasteiger partial charge is 0.186 e. The summed E-state index contributed by atoms with van der Waals surface area (Å²) in [6.45, 7) is -0.0727. The van der Waals surface area contributed by atoms with E-state index in [1.54, 1.807) is 0 Å². The molecule has 0 amide bonds. The zero-order valence-electron chi connectivity index (χ0n) is 11.1. The molecule has 0 saturated carbocycles. The molecule has 0 radical (unpaired) electrons. The molecule has 1 fully saturated rings. The third-order valence-electron chi connectivity index (χ3n) is 3.50. The van der Waals surface area contributed by atoms with Crippen molar-refractivity contribution in [3.8, 4) is 0 Å². The van der Waals surface area contributed by atoms with Crippen LogP contribution in [0.2, 0.25) is 0 Å². The summed E-state index contributed by atoms with van der Waals surface area (Å²) in [5.41, 5.74) is 7.69. The lowest BCUT2D eigenvalue weighted by Gasteiger charge is -2.30. The lowest BCUT2D eigenvalue weighted by atomic mass is 9.85. The Bertz CT molecular complexity index is 492. The van der Waals surface area contributed by atoms with E-state index in [1.165, 1.54) is 7.11 Å². The van der Waals surface area contributed by atoms with Crippen LogP contribution in [0.1, 0.15) is 5.56 Å². The van der Waals surface area contributed by atoms with E-state index < -0.39 is 24.1 Å². The van der Waals surface area contributed by atoms with Gasteiger partial charge in [-0.25, -0.2) is 0 Å². The number of nitrogens with zero attached hydrogens (tertiary/aromatic N) is 3. The minimum Gasteiger partial charge on any atom is -0.385 e. The van der Waals surface area contributed by atoms with Crippen molar-refractivity contribution in [2.45, 2.75) is 30.5 Å². The Morgan fingerprint density at radius 3 is 2.75 bits per heavy atom. The largest absolute Gasteiger partial charge is 0.385 e. The zero-order valence-corrected chi connectivity index (χ0v) is 11.1. The Hall–Kier alpha value is -1.63. The van der Waals surface area contributed by atoms with Gasteiger partial charge in [-0.15, -0.1) is 0 Å². The molecule has 1 aromatic rings. The summed E-state index contributed by atoms with van der Waals surface area (Å²) in [5, 5.41) is 24.4. The lowest BCUT2D eigenvalue weighted by Crippen LogP contribution is -2.51. The third-order valence-corrected chi connectivity index (χ3v) is 3.50. The zero-order chi connectivity index (χ0) is 14.6. The number of hydrogen-bond donors (Lipinski definition) is 2. The number of rotatable bonds is 5. The average molecular weight is 279 g/mol. The van der Waals surface area contributed by atoms with Crippen LogP contribution in [-0.2, 0) is 15.9 Å². The Labute approximate surface area is 116 Å². The van der Waals surface area contributed by atoms with Crippen LogP contribution >= 0.6 is 0 Å². The van der Waals surface area contributed by atoms with Gasteiger partial charge in [0.15, 0.2) is 6.29 Å². The van der Waals surface area contributed by atoms with E-state index in [1.807, 2.05) is 30.3 Å². The van der Waals surface area contributed by atoms with Crippen molar-refractivity contribution in [3.05, 3.63) is 46.3 Å². The van der Waals surface area contributed by atoms with Gasteiger partial charge >= 0.3 is 0 Å². The number of benzene rings is 1. The Balaban J connectivity index is 2.24. The van der Waals surface area contributed by atoms with Gasteiger partial charge in [0.25, 0.3) is 0 Å². The standard InChI is InChI=1S/C13H17N3O4/c1-19-12-11(17)13(18,10(20-12)8-15-16-14)7-9-5-3-2-4-6-9/h2-6,10-12,17-18H,7-8H2,1H3/t10-,11+,12+,13+/m1/s1. The summed E-state index contributed by atoms with van der Waals surface area (Å²) in [4.78, 5) is 2.66. The van der Waals surface area contributed by atoms with Gasteiger partial charge in [-0.05, 0) is 11.1 Å². The highest BCUT2D eigenvalue weighted by Gasteiger charge is 2.55. The summed E-state index contributed by atoms with van der Waals surface area (Å²) in [6.07, 6.45) is -2.80. The molecule has 0 aliphatic carbocycles. The Morgan fingerprint density at radius 1 is 1.45 bits per heavy atom. The molecule has 0 unspecified atom stereocenters. The van der Waals surface area contributed by atoms with Gasteiger partial charge in [-0.2, -0.15) is 0 Å². The summed E-state index contributed by atoms with van der Waals surface area (Å²) in [5.74, 6) is 0. The second kappa shape index (κ2) is 6.21. The second-order valence-corrected chi connectivity index (χ2v) is 4.74.